The highest BCUT2D eigenvalue weighted by molar-refractivity contribution is 5.46. The molecule has 0 radical (unpaired) electrons. The third-order valence-corrected chi connectivity index (χ3v) is 3.96. The summed E-state index contributed by atoms with van der Waals surface area (Å²) in [6.07, 6.45) is 1.12. The van der Waals surface area contributed by atoms with E-state index < -0.39 is 0 Å². The number of rotatable bonds is 8. The first-order valence-electron chi connectivity index (χ1n) is 8.86. The first-order valence-corrected chi connectivity index (χ1v) is 8.86. The third kappa shape index (κ3) is 5.52. The van der Waals surface area contributed by atoms with Gasteiger partial charge in [0, 0.05) is 30.9 Å². The maximum Gasteiger partial charge on any atom is 0.224 e. The molecule has 0 saturated carbocycles. The van der Waals surface area contributed by atoms with Crippen LogP contribution in [0.25, 0.3) is 0 Å². The standard InChI is InChI=1S/C20H30N4/c1-15(2)11-12-21-20-22-17(5)13-19(23-20)24(16(3)4)14-18-9-7-6-8-10-18/h6-10,13,15-16H,11-12,14H2,1-5H3,(H,21,22,23). The molecule has 1 aromatic carbocycles. The normalized spacial score (nSPS) is 11.1. The molecule has 0 atom stereocenters. The highest BCUT2D eigenvalue weighted by Crippen LogP contribution is 2.20. The smallest absolute Gasteiger partial charge is 0.224 e. The monoisotopic (exact) mass is 326 g/mol. The van der Waals surface area contributed by atoms with Gasteiger partial charge in [-0.15, -0.1) is 0 Å². The number of nitrogens with zero attached hydrogens (tertiary/aromatic N) is 3. The summed E-state index contributed by atoms with van der Waals surface area (Å²) in [5, 5.41) is 3.37. The van der Waals surface area contributed by atoms with Crippen LogP contribution in [0, 0.1) is 12.8 Å². The van der Waals surface area contributed by atoms with E-state index in [2.05, 4.69) is 79.3 Å². The van der Waals surface area contributed by atoms with Crippen molar-refractivity contribution in [3.8, 4) is 0 Å². The van der Waals surface area contributed by atoms with Crippen LogP contribution in [-0.2, 0) is 6.54 Å². The SMILES string of the molecule is Cc1cc(N(Cc2ccccc2)C(C)C)nc(NCCC(C)C)n1. The molecule has 4 nitrogen and oxygen atoms in total. The van der Waals surface area contributed by atoms with Crippen LogP contribution in [0.2, 0.25) is 0 Å². The van der Waals surface area contributed by atoms with Crippen LogP contribution in [0.15, 0.2) is 36.4 Å². The number of aromatic nitrogens is 2. The fraction of sp³-hybridized carbons (Fsp3) is 0.500. The van der Waals surface area contributed by atoms with E-state index in [1.54, 1.807) is 0 Å². The molecular weight excluding hydrogens is 296 g/mol. The summed E-state index contributed by atoms with van der Waals surface area (Å²) in [7, 11) is 0. The minimum atomic E-state index is 0.364. The van der Waals surface area contributed by atoms with Gasteiger partial charge < -0.3 is 10.2 Å². The van der Waals surface area contributed by atoms with Gasteiger partial charge in [-0.05, 0) is 38.7 Å². The summed E-state index contributed by atoms with van der Waals surface area (Å²) in [4.78, 5) is 11.6. The average molecular weight is 326 g/mol. The number of nitrogens with one attached hydrogen (secondary N) is 1. The van der Waals surface area contributed by atoms with Crippen molar-refractivity contribution in [2.75, 3.05) is 16.8 Å². The Morgan fingerprint density at radius 3 is 2.38 bits per heavy atom. The van der Waals surface area contributed by atoms with Gasteiger partial charge in [-0.3, -0.25) is 0 Å². The highest BCUT2D eigenvalue weighted by atomic mass is 15.2. The Kier molecular flexibility index (Phi) is 6.59. The number of anilines is 2. The zero-order chi connectivity index (χ0) is 17.5. The van der Waals surface area contributed by atoms with E-state index in [4.69, 9.17) is 4.98 Å². The van der Waals surface area contributed by atoms with E-state index in [9.17, 15) is 0 Å². The van der Waals surface area contributed by atoms with Gasteiger partial charge in [0.1, 0.15) is 5.82 Å². The number of hydrogen-bond acceptors (Lipinski definition) is 4. The maximum absolute atomic E-state index is 4.75. The first kappa shape index (κ1) is 18.2. The Bertz CT molecular complexity index is 623. The van der Waals surface area contributed by atoms with Crippen LogP contribution in [-0.4, -0.2) is 22.6 Å². The van der Waals surface area contributed by atoms with Crippen molar-refractivity contribution in [1.29, 1.82) is 0 Å². The molecule has 130 valence electrons. The molecule has 24 heavy (non-hydrogen) atoms. The fourth-order valence-electron chi connectivity index (χ4n) is 2.56. The molecule has 4 heteroatoms. The third-order valence-electron chi connectivity index (χ3n) is 3.96. The van der Waals surface area contributed by atoms with E-state index in [-0.39, 0.29) is 0 Å². The predicted octanol–water partition coefficient (Wildman–Crippen LogP) is 4.66. The maximum atomic E-state index is 4.75. The molecule has 0 bridgehead atoms. The fourth-order valence-corrected chi connectivity index (χ4v) is 2.56. The van der Waals surface area contributed by atoms with E-state index in [0.29, 0.717) is 12.0 Å². The Hall–Kier alpha value is -2.10. The average Bonchev–Trinajstić information content (AvgIpc) is 2.52. The van der Waals surface area contributed by atoms with Crippen molar-refractivity contribution in [3.63, 3.8) is 0 Å². The lowest BCUT2D eigenvalue weighted by Crippen LogP contribution is -2.31. The minimum absolute atomic E-state index is 0.364. The van der Waals surface area contributed by atoms with Gasteiger partial charge in [0.15, 0.2) is 0 Å². The Labute approximate surface area is 146 Å². The van der Waals surface area contributed by atoms with E-state index in [1.165, 1.54) is 5.56 Å². The first-order chi connectivity index (χ1) is 11.5. The van der Waals surface area contributed by atoms with Crippen LogP contribution < -0.4 is 10.2 Å². The van der Waals surface area contributed by atoms with Crippen molar-refractivity contribution >= 4 is 11.8 Å². The summed E-state index contributed by atoms with van der Waals surface area (Å²) in [6.45, 7) is 12.6. The van der Waals surface area contributed by atoms with Crippen LogP contribution in [0.4, 0.5) is 11.8 Å². The van der Waals surface area contributed by atoms with Crippen LogP contribution in [0.5, 0.6) is 0 Å². The van der Waals surface area contributed by atoms with E-state index in [1.807, 2.05) is 6.92 Å². The summed E-state index contributed by atoms with van der Waals surface area (Å²) < 4.78 is 0. The van der Waals surface area contributed by atoms with Crippen molar-refractivity contribution in [2.45, 2.75) is 53.6 Å². The summed E-state index contributed by atoms with van der Waals surface area (Å²) >= 11 is 0. The molecule has 0 aliphatic rings. The second-order valence-electron chi connectivity index (χ2n) is 7.01. The quantitative estimate of drug-likeness (QED) is 0.766. The lowest BCUT2D eigenvalue weighted by atomic mass is 10.1. The van der Waals surface area contributed by atoms with Crippen molar-refractivity contribution in [2.24, 2.45) is 5.92 Å². The van der Waals surface area contributed by atoms with Gasteiger partial charge in [0.2, 0.25) is 5.95 Å². The number of benzene rings is 1. The van der Waals surface area contributed by atoms with E-state index >= 15 is 0 Å². The van der Waals surface area contributed by atoms with Crippen molar-refractivity contribution in [1.82, 2.24) is 9.97 Å². The zero-order valence-corrected chi connectivity index (χ0v) is 15.6. The van der Waals surface area contributed by atoms with Gasteiger partial charge in [0.05, 0.1) is 0 Å². The van der Waals surface area contributed by atoms with E-state index in [0.717, 1.165) is 37.0 Å². The number of aryl methyl sites for hydroxylation is 1. The molecule has 1 N–H and O–H groups in total. The van der Waals surface area contributed by atoms with Crippen molar-refractivity contribution in [3.05, 3.63) is 47.7 Å². The molecule has 2 aromatic rings. The number of hydrogen-bond donors (Lipinski definition) is 1. The zero-order valence-electron chi connectivity index (χ0n) is 15.6. The van der Waals surface area contributed by atoms with Gasteiger partial charge in [-0.25, -0.2) is 4.98 Å². The highest BCUT2D eigenvalue weighted by Gasteiger charge is 2.14. The second-order valence-corrected chi connectivity index (χ2v) is 7.01. The minimum Gasteiger partial charge on any atom is -0.354 e. The largest absolute Gasteiger partial charge is 0.354 e. The van der Waals surface area contributed by atoms with Gasteiger partial charge in [-0.1, -0.05) is 44.2 Å². The second kappa shape index (κ2) is 8.67. The van der Waals surface area contributed by atoms with Gasteiger partial charge in [0.25, 0.3) is 0 Å². The molecule has 0 aliphatic carbocycles. The lowest BCUT2D eigenvalue weighted by molar-refractivity contribution is 0.605. The predicted molar refractivity (Wildman–Crippen MR) is 102 cm³/mol. The Morgan fingerprint density at radius 2 is 1.75 bits per heavy atom. The summed E-state index contributed by atoms with van der Waals surface area (Å²) in [6, 6.07) is 13.0. The Balaban J connectivity index is 2.18. The molecule has 0 aliphatic heterocycles. The molecular formula is C20H30N4. The topological polar surface area (TPSA) is 41.1 Å². The molecule has 1 aromatic heterocycles. The van der Waals surface area contributed by atoms with Gasteiger partial charge in [-0.2, -0.15) is 4.98 Å². The summed E-state index contributed by atoms with van der Waals surface area (Å²) in [5.74, 6) is 2.38. The molecule has 0 amide bonds. The molecule has 0 saturated heterocycles. The van der Waals surface area contributed by atoms with Gasteiger partial charge >= 0.3 is 0 Å². The van der Waals surface area contributed by atoms with Crippen molar-refractivity contribution < 1.29 is 0 Å². The van der Waals surface area contributed by atoms with Crippen LogP contribution >= 0.6 is 0 Å². The molecule has 1 heterocycles. The lowest BCUT2D eigenvalue weighted by Gasteiger charge is -2.28. The summed E-state index contributed by atoms with van der Waals surface area (Å²) in [5.41, 5.74) is 2.28. The van der Waals surface area contributed by atoms with Crippen LogP contribution in [0.3, 0.4) is 0 Å². The Morgan fingerprint density at radius 1 is 1.04 bits per heavy atom. The molecule has 0 fully saturated rings. The molecule has 2 rings (SSSR count). The van der Waals surface area contributed by atoms with Crippen LogP contribution in [0.1, 0.15) is 45.4 Å². The molecule has 0 unspecified atom stereocenters. The molecule has 0 spiro atoms.